The second kappa shape index (κ2) is 8.75. The Morgan fingerprint density at radius 2 is 1.79 bits per heavy atom. The molecular weight excluding hydrogens is 438 g/mol. The molecule has 33 heavy (non-hydrogen) atoms. The Balaban J connectivity index is 1.69. The van der Waals surface area contributed by atoms with E-state index in [-0.39, 0.29) is 23.6 Å². The van der Waals surface area contributed by atoms with Gasteiger partial charge in [0, 0.05) is 11.6 Å². The van der Waals surface area contributed by atoms with Crippen LogP contribution in [0.4, 0.5) is 0 Å². The van der Waals surface area contributed by atoms with Gasteiger partial charge in [-0.2, -0.15) is 0 Å². The summed E-state index contributed by atoms with van der Waals surface area (Å²) in [5, 5.41) is 1.01. The number of nitrogens with zero attached hydrogens (tertiary/aromatic N) is 1. The van der Waals surface area contributed by atoms with Crippen LogP contribution in [0.5, 0.6) is 5.75 Å². The Morgan fingerprint density at radius 3 is 2.61 bits per heavy atom. The molecule has 0 saturated carbocycles. The molecule has 0 bridgehead atoms. The fourth-order valence-corrected chi connectivity index (χ4v) is 4.48. The summed E-state index contributed by atoms with van der Waals surface area (Å²) in [6.07, 6.45) is 0.878. The van der Waals surface area contributed by atoms with Crippen LogP contribution < -0.4 is 10.2 Å². The van der Waals surface area contributed by atoms with Gasteiger partial charge in [-0.15, -0.1) is 0 Å². The average Bonchev–Trinajstić information content (AvgIpc) is 3.11. The van der Waals surface area contributed by atoms with E-state index in [0.29, 0.717) is 33.9 Å². The number of carbonyl (C=O) groups excluding carboxylic acids is 1. The first-order chi connectivity index (χ1) is 16.1. The molecule has 5 rings (SSSR count). The second-order valence-corrected chi connectivity index (χ2v) is 8.43. The van der Waals surface area contributed by atoms with Crippen LogP contribution in [-0.4, -0.2) is 17.4 Å². The van der Waals surface area contributed by atoms with E-state index in [1.807, 2.05) is 49.4 Å². The van der Waals surface area contributed by atoms with Crippen molar-refractivity contribution in [3.8, 4) is 5.75 Å². The Bertz CT molecular complexity index is 1410. The second-order valence-electron chi connectivity index (χ2n) is 8.02. The third kappa shape index (κ3) is 3.79. The van der Waals surface area contributed by atoms with E-state index in [9.17, 15) is 9.59 Å². The lowest BCUT2D eigenvalue weighted by atomic mass is 9.98. The quantitative estimate of drug-likeness (QED) is 0.356. The van der Waals surface area contributed by atoms with Crippen LogP contribution in [0.25, 0.3) is 11.0 Å². The normalized spacial score (nSPS) is 15.2. The van der Waals surface area contributed by atoms with Gasteiger partial charge in [-0.05, 0) is 47.9 Å². The molecule has 3 aromatic carbocycles. The van der Waals surface area contributed by atoms with Crippen molar-refractivity contribution in [1.29, 1.82) is 0 Å². The lowest BCUT2D eigenvalue weighted by Crippen LogP contribution is -2.29. The minimum Gasteiger partial charge on any atom is -0.494 e. The van der Waals surface area contributed by atoms with E-state index in [1.165, 1.54) is 0 Å². The molecule has 2 heterocycles. The molecular formula is C27H22ClNO4. The summed E-state index contributed by atoms with van der Waals surface area (Å²) < 4.78 is 11.8. The molecule has 4 aromatic rings. The molecule has 5 nitrogen and oxygen atoms in total. The lowest BCUT2D eigenvalue weighted by Gasteiger charge is -2.26. The minimum absolute atomic E-state index is 0.0793. The van der Waals surface area contributed by atoms with Crippen LogP contribution in [0.2, 0.25) is 5.02 Å². The number of benzene rings is 3. The molecule has 0 N–H and O–H groups in total. The predicted octanol–water partition coefficient (Wildman–Crippen LogP) is 5.98. The molecule has 0 spiro atoms. The van der Waals surface area contributed by atoms with Gasteiger partial charge in [-0.1, -0.05) is 61.0 Å². The first kappa shape index (κ1) is 21.3. The number of hydrogen-bond donors (Lipinski definition) is 0. The average molecular weight is 460 g/mol. The van der Waals surface area contributed by atoms with Gasteiger partial charge in [0.25, 0.3) is 5.91 Å². The van der Waals surface area contributed by atoms with Crippen molar-refractivity contribution in [3.05, 3.63) is 110 Å². The number of hydrogen-bond acceptors (Lipinski definition) is 4. The van der Waals surface area contributed by atoms with Crippen molar-refractivity contribution in [2.45, 2.75) is 25.9 Å². The largest absolute Gasteiger partial charge is 0.494 e. The van der Waals surface area contributed by atoms with Crippen molar-refractivity contribution in [2.75, 3.05) is 6.61 Å². The highest BCUT2D eigenvalue weighted by Crippen LogP contribution is 2.40. The SMILES string of the molecule is CCCOc1cccc(C2c3c(oc4ccccc4c3=O)C(=O)N2Cc2ccccc2Cl)c1. The molecule has 0 aliphatic carbocycles. The maximum Gasteiger partial charge on any atom is 0.291 e. The van der Waals surface area contributed by atoms with Crippen LogP contribution >= 0.6 is 11.6 Å². The van der Waals surface area contributed by atoms with Crippen molar-refractivity contribution in [1.82, 2.24) is 4.90 Å². The number of para-hydroxylation sites is 1. The molecule has 1 amide bonds. The van der Waals surface area contributed by atoms with Gasteiger partial charge in [-0.3, -0.25) is 9.59 Å². The highest BCUT2D eigenvalue weighted by atomic mass is 35.5. The topological polar surface area (TPSA) is 59.8 Å². The number of rotatable bonds is 6. The molecule has 1 aliphatic rings. The highest BCUT2D eigenvalue weighted by molar-refractivity contribution is 6.31. The van der Waals surface area contributed by atoms with Crippen molar-refractivity contribution < 1.29 is 13.9 Å². The summed E-state index contributed by atoms with van der Waals surface area (Å²) in [6.45, 7) is 2.86. The maximum atomic E-state index is 13.6. The van der Waals surface area contributed by atoms with Crippen molar-refractivity contribution in [2.24, 2.45) is 0 Å². The smallest absolute Gasteiger partial charge is 0.291 e. The number of carbonyl (C=O) groups is 1. The van der Waals surface area contributed by atoms with Gasteiger partial charge >= 0.3 is 0 Å². The summed E-state index contributed by atoms with van der Waals surface area (Å²) in [4.78, 5) is 28.8. The van der Waals surface area contributed by atoms with Crippen LogP contribution in [0.15, 0.2) is 82.0 Å². The summed E-state index contributed by atoms with van der Waals surface area (Å²) >= 11 is 6.41. The molecule has 1 atom stereocenters. The zero-order valence-corrected chi connectivity index (χ0v) is 18.8. The van der Waals surface area contributed by atoms with Gasteiger partial charge in [-0.25, -0.2) is 0 Å². The third-order valence-electron chi connectivity index (χ3n) is 5.82. The molecule has 1 unspecified atom stereocenters. The first-order valence-corrected chi connectivity index (χ1v) is 11.3. The summed E-state index contributed by atoms with van der Waals surface area (Å²) in [5.41, 5.74) is 2.11. The maximum absolute atomic E-state index is 13.6. The monoisotopic (exact) mass is 459 g/mol. The van der Waals surface area contributed by atoms with Gasteiger partial charge in [0.05, 0.1) is 23.6 Å². The zero-order valence-electron chi connectivity index (χ0n) is 18.1. The van der Waals surface area contributed by atoms with Crippen molar-refractivity contribution >= 4 is 28.5 Å². The van der Waals surface area contributed by atoms with Crippen molar-refractivity contribution in [3.63, 3.8) is 0 Å². The fourth-order valence-electron chi connectivity index (χ4n) is 4.28. The van der Waals surface area contributed by atoms with Crippen LogP contribution in [-0.2, 0) is 6.54 Å². The predicted molar refractivity (Wildman–Crippen MR) is 128 cm³/mol. The Hall–Kier alpha value is -3.57. The fraction of sp³-hybridized carbons (Fsp3) is 0.185. The van der Waals surface area contributed by atoms with Crippen LogP contribution in [0.3, 0.4) is 0 Å². The number of fused-ring (bicyclic) bond motifs is 2. The molecule has 1 aromatic heterocycles. The Morgan fingerprint density at radius 1 is 1.00 bits per heavy atom. The molecule has 1 aliphatic heterocycles. The minimum atomic E-state index is -0.616. The number of halogens is 1. The lowest BCUT2D eigenvalue weighted by molar-refractivity contribution is 0.0714. The van der Waals surface area contributed by atoms with Gasteiger partial charge < -0.3 is 14.1 Å². The van der Waals surface area contributed by atoms with E-state index in [2.05, 4.69) is 0 Å². The van der Waals surface area contributed by atoms with Crippen LogP contribution in [0, 0.1) is 0 Å². The Labute approximate surface area is 196 Å². The summed E-state index contributed by atoms with van der Waals surface area (Å²) in [7, 11) is 0. The van der Waals surface area contributed by atoms with Crippen LogP contribution in [0.1, 0.15) is 46.6 Å². The first-order valence-electron chi connectivity index (χ1n) is 10.9. The molecule has 0 fully saturated rings. The highest BCUT2D eigenvalue weighted by Gasteiger charge is 2.43. The van der Waals surface area contributed by atoms with Gasteiger partial charge in [0.15, 0.2) is 5.43 Å². The van der Waals surface area contributed by atoms with E-state index in [0.717, 1.165) is 17.5 Å². The molecule has 6 heteroatoms. The van der Waals surface area contributed by atoms with E-state index in [4.69, 9.17) is 20.8 Å². The van der Waals surface area contributed by atoms with E-state index < -0.39 is 6.04 Å². The zero-order chi connectivity index (χ0) is 22.9. The van der Waals surface area contributed by atoms with E-state index >= 15 is 0 Å². The Kier molecular flexibility index (Phi) is 5.65. The van der Waals surface area contributed by atoms with E-state index in [1.54, 1.807) is 35.2 Å². The molecule has 0 radical (unpaired) electrons. The molecule has 166 valence electrons. The van der Waals surface area contributed by atoms with Gasteiger partial charge in [0.1, 0.15) is 11.3 Å². The number of amides is 1. The standard InChI is InChI=1S/C27H22ClNO4/c1-2-14-32-19-10-7-9-17(15-19)24-23-25(30)20-11-4-6-13-22(20)33-26(23)27(31)29(24)16-18-8-3-5-12-21(18)28/h3-13,15,24H,2,14,16H2,1H3. The summed E-state index contributed by atoms with van der Waals surface area (Å²) in [6, 6.07) is 21.3. The summed E-state index contributed by atoms with van der Waals surface area (Å²) in [5.74, 6) is 0.436. The number of ether oxygens (including phenoxy) is 1. The van der Waals surface area contributed by atoms with Gasteiger partial charge in [0.2, 0.25) is 5.76 Å². The third-order valence-corrected chi connectivity index (χ3v) is 6.19. The molecule has 0 saturated heterocycles.